The first-order valence-electron chi connectivity index (χ1n) is 49.4. The van der Waals surface area contributed by atoms with Gasteiger partial charge >= 0.3 is 0 Å². The van der Waals surface area contributed by atoms with E-state index in [1.807, 2.05) is 31.6 Å². The first-order valence-corrected chi connectivity index (χ1v) is 51.8. The van der Waals surface area contributed by atoms with Crippen LogP contribution in [0.15, 0.2) is 257 Å². The molecule has 41 nitrogen and oxygen atoms in total. The first kappa shape index (κ1) is 105. The lowest BCUT2D eigenvalue weighted by atomic mass is 9.98. The summed E-state index contributed by atoms with van der Waals surface area (Å²) >= 11 is 4.29. The Morgan fingerprint density at radius 2 is 0.760 bits per heavy atom. The third kappa shape index (κ3) is 29.6. The fourth-order valence-corrected chi connectivity index (χ4v) is 19.3. The quantitative estimate of drug-likeness (QED) is 0.0235. The number of hydrogen-bond donors (Lipinski definition) is 6. The molecule has 0 amide bonds. The van der Waals surface area contributed by atoms with Gasteiger partial charge in [0, 0.05) is 245 Å². The summed E-state index contributed by atoms with van der Waals surface area (Å²) in [5, 5.41) is 52.2. The average Bonchev–Trinajstić information content (AvgIpc) is 1.04. The van der Waals surface area contributed by atoms with E-state index in [1.54, 1.807) is 166 Å². The molecule has 4 saturated heterocycles. The molecule has 0 aliphatic carbocycles. The van der Waals surface area contributed by atoms with E-state index in [4.69, 9.17) is 9.97 Å². The lowest BCUT2D eigenvalue weighted by Gasteiger charge is -2.34. The molecule has 0 saturated carbocycles. The standard InChI is InChI=1S/C30H35N9.C25H28FN9OS.2C24H27FN10OS/c1-22(2)39-11-10-25-8-9-27(17-26(25)20-39)35-28-33-21-34-30(36-28)38-14-12-37(13-15-38)29-31-18-24(19-32-29)16-23-6-4-3-5-7-23;1-17(36)15-35-18(2)19(12-31-35)11-23-29-16-30-25(32-23)34-9-7-33(8-10-34)24-27-13-22(14-28-24)37-21-5-3-20(26)4-6-21;1-24(2,36)15-35-14-18(11-30-35)31-21-28-16-29-23(32-21)34-9-7-33(8-10-34)22-26-12-20(13-27-22)37-19-5-3-17(25)4-6-19;1-24(2,36)15-35-14-17(11-30-35)31-21-28-16-29-23(32-21)34-9-7-33(8-10-34)22-26-12-18(13-27-22)37-20-6-4-3-5-19(20)25/h3-9,17-19,21-22H,10-16,20H2,1-2H3,(H,33,34,35,36);3-6,12-14,16-17,36H,7-11,15H2,1-2H3;2*3-6,11-14,16,36H,7-10,15H2,1-2H3,(H,28,29,31,32)/t;17-;;/m.0../s1. The molecule has 16 heterocycles. The van der Waals surface area contributed by atoms with Crippen LogP contribution in [0.5, 0.6) is 0 Å². The third-order valence-corrected chi connectivity index (χ3v) is 27.6. The molecule has 776 valence electrons. The van der Waals surface area contributed by atoms with Gasteiger partial charge in [0.2, 0.25) is 65.4 Å². The predicted molar refractivity (Wildman–Crippen MR) is 570 cm³/mol. The summed E-state index contributed by atoms with van der Waals surface area (Å²) in [7, 11) is 0. The number of hydrogen-bond acceptors (Lipinski definition) is 41. The minimum atomic E-state index is -0.862. The van der Waals surface area contributed by atoms with E-state index < -0.39 is 17.3 Å². The Bertz CT molecular complexity index is 7040. The van der Waals surface area contributed by atoms with Gasteiger partial charge in [0.25, 0.3) is 0 Å². The van der Waals surface area contributed by atoms with E-state index in [2.05, 4.69) is 221 Å². The number of nitrogens with one attached hydrogen (secondary N) is 3. The maximum atomic E-state index is 13.9. The van der Waals surface area contributed by atoms with Gasteiger partial charge in [0.15, 0.2) is 0 Å². The van der Waals surface area contributed by atoms with E-state index >= 15 is 0 Å². The second-order valence-corrected chi connectivity index (χ2v) is 41.3. The molecule has 0 spiro atoms. The molecule has 4 fully saturated rings. The van der Waals surface area contributed by atoms with E-state index in [0.29, 0.717) is 142 Å². The van der Waals surface area contributed by atoms with Gasteiger partial charge in [-0.2, -0.15) is 35.2 Å². The molecule has 1 atom stereocenters. The van der Waals surface area contributed by atoms with Crippen LogP contribution in [0.4, 0.5) is 95.7 Å². The van der Waals surface area contributed by atoms with Crippen LogP contribution in [0.25, 0.3) is 0 Å². The number of rotatable bonds is 31. The van der Waals surface area contributed by atoms with E-state index in [0.717, 1.165) is 156 Å². The predicted octanol–water partition coefficient (Wildman–Crippen LogP) is 12.8. The van der Waals surface area contributed by atoms with Gasteiger partial charge in [0.1, 0.15) is 48.6 Å². The molecule has 0 unspecified atom stereocenters. The van der Waals surface area contributed by atoms with Crippen molar-refractivity contribution in [1.29, 1.82) is 0 Å². The maximum absolute atomic E-state index is 13.9. The second kappa shape index (κ2) is 49.1. The van der Waals surface area contributed by atoms with Crippen LogP contribution in [0.1, 0.15) is 87.8 Å². The van der Waals surface area contributed by atoms with Crippen LogP contribution in [0, 0.1) is 24.4 Å². The van der Waals surface area contributed by atoms with Crippen molar-refractivity contribution in [3.63, 3.8) is 0 Å². The molecule has 16 aromatic rings. The highest BCUT2D eigenvalue weighted by Gasteiger charge is 2.30. The summed E-state index contributed by atoms with van der Waals surface area (Å²) in [4.78, 5) is 114. The lowest BCUT2D eigenvalue weighted by molar-refractivity contribution is 0.0571. The van der Waals surface area contributed by atoms with Crippen molar-refractivity contribution in [2.45, 2.75) is 154 Å². The van der Waals surface area contributed by atoms with Gasteiger partial charge in [-0.05, 0) is 157 Å². The molecule has 6 N–H and O–H groups in total. The Morgan fingerprint density at radius 1 is 0.367 bits per heavy atom. The molecule has 5 aliphatic rings. The van der Waals surface area contributed by atoms with Gasteiger partial charge in [-0.25, -0.2) is 92.9 Å². The number of nitrogens with zero attached hydrogens (tertiary/aromatic N) is 35. The zero-order valence-electron chi connectivity index (χ0n) is 84.3. The number of fused-ring (bicyclic) bond motifs is 1. The van der Waals surface area contributed by atoms with Crippen molar-refractivity contribution in [2.75, 3.05) is 166 Å². The maximum Gasteiger partial charge on any atom is 0.232 e. The molecule has 5 aromatic carbocycles. The van der Waals surface area contributed by atoms with Gasteiger partial charge in [-0.1, -0.05) is 83.8 Å². The minimum Gasteiger partial charge on any atom is -0.391 e. The Labute approximate surface area is 878 Å². The number of halogens is 3. The van der Waals surface area contributed by atoms with Crippen LogP contribution in [-0.2, 0) is 45.4 Å². The van der Waals surface area contributed by atoms with Crippen LogP contribution in [0.2, 0.25) is 0 Å². The number of anilines is 14. The first-order chi connectivity index (χ1) is 72.7. The Morgan fingerprint density at radius 3 is 1.18 bits per heavy atom. The van der Waals surface area contributed by atoms with Crippen LogP contribution in [0.3, 0.4) is 0 Å². The van der Waals surface area contributed by atoms with Crippen LogP contribution < -0.4 is 55.1 Å². The van der Waals surface area contributed by atoms with Crippen molar-refractivity contribution < 1.29 is 28.5 Å². The molecule has 21 rings (SSSR count). The van der Waals surface area contributed by atoms with E-state index in [-0.39, 0.29) is 17.5 Å². The Kier molecular flexibility index (Phi) is 34.2. The molecule has 0 bridgehead atoms. The van der Waals surface area contributed by atoms with E-state index in [1.165, 1.54) is 95.0 Å². The van der Waals surface area contributed by atoms with Gasteiger partial charge in [-0.3, -0.25) is 18.9 Å². The third-order valence-electron chi connectivity index (χ3n) is 24.7. The van der Waals surface area contributed by atoms with Crippen LogP contribution in [-0.4, -0.2) is 284 Å². The summed E-state index contributed by atoms with van der Waals surface area (Å²) in [6.07, 6.45) is 31.3. The van der Waals surface area contributed by atoms with Crippen molar-refractivity contribution in [2.24, 2.45) is 0 Å². The highest BCUT2D eigenvalue weighted by atomic mass is 32.2. The second-order valence-electron chi connectivity index (χ2n) is 37.9. The highest BCUT2D eigenvalue weighted by molar-refractivity contribution is 7.99. The largest absolute Gasteiger partial charge is 0.391 e. The average molecular weight is 2090 g/mol. The zero-order chi connectivity index (χ0) is 104. The molecule has 0 radical (unpaired) electrons. The number of aromatic nitrogens is 26. The number of piperazine rings is 4. The van der Waals surface area contributed by atoms with Gasteiger partial charge < -0.3 is 70.5 Å². The molecule has 5 aliphatic heterocycles. The summed E-state index contributed by atoms with van der Waals surface area (Å²) in [6.45, 7) is 30.3. The Balaban J connectivity index is 0.000000131. The highest BCUT2D eigenvalue weighted by Crippen LogP contribution is 2.35. The summed E-state index contributed by atoms with van der Waals surface area (Å²) < 4.78 is 45.3. The molecular weight excluding hydrogens is 1970 g/mol. The summed E-state index contributed by atoms with van der Waals surface area (Å²) in [6, 6.07) is 36.9. The number of aliphatic hydroxyl groups excluding tert-OH is 1. The van der Waals surface area contributed by atoms with E-state index in [9.17, 15) is 28.5 Å². The summed E-state index contributed by atoms with van der Waals surface area (Å²) in [5.41, 5.74) is 7.95. The number of aliphatic hydroxyl groups is 3. The molecular formula is C103H117F3N38O3S3. The smallest absolute Gasteiger partial charge is 0.232 e. The van der Waals surface area contributed by atoms with Crippen LogP contribution >= 0.6 is 35.3 Å². The Hall–Kier alpha value is -15.4. The van der Waals surface area contributed by atoms with Gasteiger partial charge in [0.05, 0.1) is 66.9 Å². The van der Waals surface area contributed by atoms with Crippen molar-refractivity contribution in [1.82, 2.24) is 134 Å². The van der Waals surface area contributed by atoms with Crippen molar-refractivity contribution >= 4 is 118 Å². The molecule has 11 aromatic heterocycles. The zero-order valence-corrected chi connectivity index (χ0v) is 86.8. The van der Waals surface area contributed by atoms with Crippen molar-refractivity contribution in [3.8, 4) is 0 Å². The fourth-order valence-electron chi connectivity index (χ4n) is 17.0. The lowest BCUT2D eigenvalue weighted by Crippen LogP contribution is -2.47. The minimum absolute atomic E-state index is 0.250. The monoisotopic (exact) mass is 2090 g/mol. The normalized spacial score (nSPS) is 14.7. The SMILES string of the molecule is CC(C)(O)Cn1cc(Nc2ncnc(N3CCN(c4ncc(Sc5ccc(F)cc5)cn4)CC3)n2)cn1.CC(C)(O)Cn1cc(Nc2ncnc(N3CCN(c4ncc(Sc5ccccc5F)cn4)CC3)n2)cn1.CC(C)N1CCc2ccc(Nc3ncnc(N4CCN(c5ncc(Cc6ccccc6)cn5)CC4)n3)cc2C1.Cc1c(Cc2ncnc(N3CCN(c4ncc(Sc5ccc(F)cc5)cn4)CC3)n2)cnn1C[C@H](C)O. The van der Waals surface area contributed by atoms with Crippen molar-refractivity contribution in [3.05, 3.63) is 284 Å². The topological polar surface area (TPSA) is 437 Å². The summed E-state index contributed by atoms with van der Waals surface area (Å²) in [5.74, 6) is 6.61. The number of benzene rings is 5. The van der Waals surface area contributed by atoms with Gasteiger partial charge in [-0.15, -0.1) is 0 Å². The fraction of sp³-hybridized carbons (Fsp3) is 0.350. The molecule has 150 heavy (non-hydrogen) atoms. The molecule has 47 heteroatoms.